The third kappa shape index (κ3) is 0.724. The molecule has 2 rings (SSSR count). The van der Waals surface area contributed by atoms with E-state index in [0.29, 0.717) is 0 Å². The van der Waals surface area contributed by atoms with Gasteiger partial charge in [-0.15, -0.1) is 6.42 Å². The summed E-state index contributed by atoms with van der Waals surface area (Å²) in [5, 5.41) is 0. The van der Waals surface area contributed by atoms with Crippen LogP contribution in [0.2, 0.25) is 0 Å². The van der Waals surface area contributed by atoms with Gasteiger partial charge in [0.05, 0.1) is 18.4 Å². The van der Waals surface area contributed by atoms with Crippen LogP contribution in [0, 0.1) is 24.2 Å². The van der Waals surface area contributed by atoms with Crippen LogP contribution in [0.1, 0.15) is 12.8 Å². The largest absolute Gasteiger partial charge is 0.274 e. The van der Waals surface area contributed by atoms with Gasteiger partial charge in [-0.25, -0.2) is 0 Å². The van der Waals surface area contributed by atoms with Gasteiger partial charge in [0, 0.05) is 0 Å². The number of imide groups is 1. The minimum Gasteiger partial charge on any atom is -0.274 e. The van der Waals surface area contributed by atoms with E-state index in [-0.39, 0.29) is 30.2 Å². The predicted molar refractivity (Wildman–Crippen MR) is 41.8 cm³/mol. The first-order valence-corrected chi connectivity index (χ1v) is 4.04. The monoisotopic (exact) mass is 163 g/mol. The van der Waals surface area contributed by atoms with E-state index in [0.717, 1.165) is 12.8 Å². The van der Waals surface area contributed by atoms with Crippen LogP contribution >= 0.6 is 0 Å². The van der Waals surface area contributed by atoms with Crippen LogP contribution in [-0.4, -0.2) is 23.3 Å². The highest BCUT2D eigenvalue weighted by Gasteiger charge is 2.52. The van der Waals surface area contributed by atoms with Gasteiger partial charge in [-0.3, -0.25) is 14.5 Å². The molecule has 2 fully saturated rings. The minimum atomic E-state index is -0.0609. The molecule has 62 valence electrons. The van der Waals surface area contributed by atoms with Crippen molar-refractivity contribution in [1.82, 2.24) is 4.90 Å². The van der Waals surface area contributed by atoms with Crippen molar-refractivity contribution in [3.05, 3.63) is 0 Å². The fourth-order valence-corrected chi connectivity index (χ4v) is 1.85. The Morgan fingerprint density at radius 3 is 2.17 bits per heavy atom. The number of terminal acetylenes is 1. The smallest absolute Gasteiger partial charge is 0.233 e. The molecule has 1 heterocycles. The van der Waals surface area contributed by atoms with Crippen molar-refractivity contribution in [2.45, 2.75) is 12.8 Å². The number of hydrogen-bond donors (Lipinski definition) is 0. The summed E-state index contributed by atoms with van der Waals surface area (Å²) in [5.74, 6) is 2.13. The van der Waals surface area contributed by atoms with E-state index < -0.39 is 0 Å². The van der Waals surface area contributed by atoms with Crippen LogP contribution in [0.15, 0.2) is 0 Å². The molecule has 0 N–H and O–H groups in total. The van der Waals surface area contributed by atoms with E-state index >= 15 is 0 Å². The zero-order valence-corrected chi connectivity index (χ0v) is 6.62. The van der Waals surface area contributed by atoms with Gasteiger partial charge in [-0.05, 0) is 12.8 Å². The van der Waals surface area contributed by atoms with Gasteiger partial charge in [0.2, 0.25) is 11.8 Å². The lowest BCUT2D eigenvalue weighted by Crippen LogP contribution is -2.30. The Morgan fingerprint density at radius 1 is 1.33 bits per heavy atom. The van der Waals surface area contributed by atoms with Crippen LogP contribution in [0.4, 0.5) is 0 Å². The third-order valence-corrected chi connectivity index (χ3v) is 2.69. The highest BCUT2D eigenvalue weighted by Crippen LogP contribution is 2.42. The van der Waals surface area contributed by atoms with Crippen LogP contribution < -0.4 is 0 Å². The van der Waals surface area contributed by atoms with E-state index in [1.54, 1.807) is 0 Å². The van der Waals surface area contributed by atoms with Gasteiger partial charge in [0.15, 0.2) is 0 Å². The fourth-order valence-electron chi connectivity index (χ4n) is 1.85. The van der Waals surface area contributed by atoms with Crippen LogP contribution in [0.25, 0.3) is 0 Å². The number of likely N-dealkylation sites (tertiary alicyclic amines) is 1. The zero-order chi connectivity index (χ0) is 8.72. The second-order valence-corrected chi connectivity index (χ2v) is 3.26. The number of fused-ring (bicyclic) bond motifs is 1. The molecule has 0 aromatic heterocycles. The minimum absolute atomic E-state index is 0.0363. The Hall–Kier alpha value is -1.30. The summed E-state index contributed by atoms with van der Waals surface area (Å²) < 4.78 is 0. The molecule has 1 saturated carbocycles. The maximum absolute atomic E-state index is 11.4. The molecule has 3 nitrogen and oxygen atoms in total. The molecule has 1 aliphatic carbocycles. The normalized spacial score (nSPS) is 32.8. The molecule has 0 bridgehead atoms. The van der Waals surface area contributed by atoms with Crippen molar-refractivity contribution in [3.63, 3.8) is 0 Å². The number of rotatable bonds is 1. The number of carbonyl (C=O) groups excluding carboxylic acids is 2. The second kappa shape index (κ2) is 2.34. The molecular formula is C9H9NO2. The molecule has 0 spiro atoms. The van der Waals surface area contributed by atoms with Gasteiger partial charge in [0.1, 0.15) is 0 Å². The van der Waals surface area contributed by atoms with E-state index in [2.05, 4.69) is 5.92 Å². The summed E-state index contributed by atoms with van der Waals surface area (Å²) in [5.41, 5.74) is 0. The molecule has 2 aliphatic rings. The summed E-state index contributed by atoms with van der Waals surface area (Å²) in [6, 6.07) is 0. The molecule has 3 heteroatoms. The summed E-state index contributed by atoms with van der Waals surface area (Å²) >= 11 is 0. The van der Waals surface area contributed by atoms with Crippen LogP contribution in [0.5, 0.6) is 0 Å². The Bertz CT molecular complexity index is 267. The SMILES string of the molecule is C#CCN1C(=O)C2CCC2C1=O. The highest BCUT2D eigenvalue weighted by atomic mass is 16.2. The van der Waals surface area contributed by atoms with Crippen molar-refractivity contribution in [2.24, 2.45) is 11.8 Å². The summed E-state index contributed by atoms with van der Waals surface area (Å²) in [6.45, 7) is 0.144. The molecule has 1 aliphatic heterocycles. The first kappa shape index (κ1) is 7.35. The Morgan fingerprint density at radius 2 is 1.83 bits per heavy atom. The van der Waals surface area contributed by atoms with Crippen LogP contribution in [0.3, 0.4) is 0 Å². The quantitative estimate of drug-likeness (QED) is 0.403. The third-order valence-electron chi connectivity index (χ3n) is 2.69. The van der Waals surface area contributed by atoms with Crippen molar-refractivity contribution in [3.8, 4) is 12.3 Å². The van der Waals surface area contributed by atoms with Gasteiger partial charge < -0.3 is 0 Å². The van der Waals surface area contributed by atoms with Crippen molar-refractivity contribution in [2.75, 3.05) is 6.54 Å². The molecule has 2 amide bonds. The highest BCUT2D eigenvalue weighted by molar-refractivity contribution is 6.06. The predicted octanol–water partition coefficient (Wildman–Crippen LogP) is 0.0146. The van der Waals surface area contributed by atoms with Crippen molar-refractivity contribution >= 4 is 11.8 Å². The lowest BCUT2D eigenvalue weighted by molar-refractivity contribution is -0.138. The lowest BCUT2D eigenvalue weighted by atomic mass is 9.76. The topological polar surface area (TPSA) is 37.4 Å². The average molecular weight is 163 g/mol. The molecule has 2 atom stereocenters. The molecule has 0 aromatic rings. The van der Waals surface area contributed by atoms with Crippen molar-refractivity contribution in [1.29, 1.82) is 0 Å². The summed E-state index contributed by atoms with van der Waals surface area (Å²) in [4.78, 5) is 24.0. The number of nitrogens with zero attached hydrogens (tertiary/aromatic N) is 1. The summed E-state index contributed by atoms with van der Waals surface area (Å²) in [6.07, 6.45) is 6.76. The van der Waals surface area contributed by atoms with Gasteiger partial charge in [-0.1, -0.05) is 5.92 Å². The maximum atomic E-state index is 11.4. The Kier molecular flexibility index (Phi) is 1.44. The molecule has 2 unspecified atom stereocenters. The zero-order valence-electron chi connectivity index (χ0n) is 6.62. The van der Waals surface area contributed by atoms with E-state index in [1.165, 1.54) is 4.90 Å². The van der Waals surface area contributed by atoms with Gasteiger partial charge in [0.25, 0.3) is 0 Å². The van der Waals surface area contributed by atoms with Gasteiger partial charge >= 0.3 is 0 Å². The molecular weight excluding hydrogens is 154 g/mol. The number of hydrogen-bond acceptors (Lipinski definition) is 2. The fraction of sp³-hybridized carbons (Fsp3) is 0.556. The van der Waals surface area contributed by atoms with E-state index in [4.69, 9.17) is 6.42 Å². The molecule has 1 saturated heterocycles. The Balaban J connectivity index is 2.20. The van der Waals surface area contributed by atoms with E-state index in [1.807, 2.05) is 0 Å². The first-order valence-electron chi connectivity index (χ1n) is 4.04. The van der Waals surface area contributed by atoms with Crippen molar-refractivity contribution < 1.29 is 9.59 Å². The second-order valence-electron chi connectivity index (χ2n) is 3.26. The van der Waals surface area contributed by atoms with E-state index in [9.17, 15) is 9.59 Å². The van der Waals surface area contributed by atoms with Gasteiger partial charge in [-0.2, -0.15) is 0 Å². The lowest BCUT2D eigenvalue weighted by Gasteiger charge is -2.24. The molecule has 0 radical (unpaired) electrons. The average Bonchev–Trinajstić information content (AvgIpc) is 2.09. The Labute approximate surface area is 70.7 Å². The van der Waals surface area contributed by atoms with Crippen LogP contribution in [-0.2, 0) is 9.59 Å². The first-order chi connectivity index (χ1) is 5.75. The number of amides is 2. The number of carbonyl (C=O) groups is 2. The maximum Gasteiger partial charge on any atom is 0.233 e. The molecule has 12 heavy (non-hydrogen) atoms. The molecule has 0 aromatic carbocycles. The summed E-state index contributed by atoms with van der Waals surface area (Å²) in [7, 11) is 0. The standard InChI is InChI=1S/C9H9NO2/c1-2-5-10-8(11)6-3-4-7(6)9(10)12/h1,6-7H,3-5H2.